The van der Waals surface area contributed by atoms with Gasteiger partial charge in [0.25, 0.3) is 0 Å². The maximum atomic E-state index is 10.2. The van der Waals surface area contributed by atoms with Crippen LogP contribution in [0.5, 0.6) is 5.75 Å². The third-order valence-electron chi connectivity index (χ3n) is 4.08. The number of carbonyl (C=O) groups excluding carboxylic acids is 1. The van der Waals surface area contributed by atoms with Gasteiger partial charge in [0.05, 0.1) is 0 Å². The summed E-state index contributed by atoms with van der Waals surface area (Å²) in [5.41, 5.74) is 1.95. The van der Waals surface area contributed by atoms with Gasteiger partial charge in [-0.3, -0.25) is 4.79 Å². The molecule has 0 spiro atoms. The Kier molecular flexibility index (Phi) is 4.69. The largest absolute Gasteiger partial charge is 0.508 e. The molecule has 0 bridgehead atoms. The lowest BCUT2D eigenvalue weighted by Crippen LogP contribution is -2.16. The van der Waals surface area contributed by atoms with Crippen LogP contribution >= 0.6 is 0 Å². The van der Waals surface area contributed by atoms with Gasteiger partial charge in [-0.1, -0.05) is 6.07 Å². The molecular formula is C17H25NO2. The molecule has 1 atom stereocenters. The number of aromatic hydroxyl groups is 1. The second-order valence-corrected chi connectivity index (χ2v) is 6.16. The van der Waals surface area contributed by atoms with Crippen molar-refractivity contribution >= 4 is 11.5 Å². The predicted octanol–water partition coefficient (Wildman–Crippen LogP) is 3.90. The summed E-state index contributed by atoms with van der Waals surface area (Å²) >= 11 is 0. The molecule has 2 saturated carbocycles. The summed E-state index contributed by atoms with van der Waals surface area (Å²) in [7, 11) is 0. The molecule has 2 aliphatic rings. The second kappa shape index (κ2) is 6.29. The van der Waals surface area contributed by atoms with Gasteiger partial charge in [0, 0.05) is 23.7 Å². The highest BCUT2D eigenvalue weighted by molar-refractivity contribution is 5.80. The minimum atomic E-state index is 0.370. The normalized spacial score (nSPS) is 18.8. The maximum Gasteiger partial charge on any atom is 0.132 e. The Morgan fingerprint density at radius 2 is 1.95 bits per heavy atom. The molecular weight excluding hydrogens is 250 g/mol. The van der Waals surface area contributed by atoms with Crippen molar-refractivity contribution in [2.24, 2.45) is 11.8 Å². The summed E-state index contributed by atoms with van der Waals surface area (Å²) in [6.45, 7) is 5.77. The van der Waals surface area contributed by atoms with E-state index >= 15 is 0 Å². The fraction of sp³-hybridized carbons (Fsp3) is 0.588. The fourth-order valence-corrected chi connectivity index (χ4v) is 2.17. The molecule has 0 radical (unpaired) electrons. The first kappa shape index (κ1) is 14.9. The monoisotopic (exact) mass is 275 g/mol. The van der Waals surface area contributed by atoms with Crippen molar-refractivity contribution in [3.8, 4) is 5.75 Å². The van der Waals surface area contributed by atoms with Crippen molar-refractivity contribution in [3.63, 3.8) is 0 Å². The first-order valence-electron chi connectivity index (χ1n) is 7.54. The molecule has 3 rings (SSSR count). The molecule has 0 aliphatic heterocycles. The van der Waals surface area contributed by atoms with E-state index in [1.807, 2.05) is 19.1 Å². The summed E-state index contributed by atoms with van der Waals surface area (Å²) in [4.78, 5) is 10.2. The van der Waals surface area contributed by atoms with Gasteiger partial charge in [-0.15, -0.1) is 0 Å². The number of carbonyl (C=O) groups is 1. The molecule has 0 amide bonds. The molecule has 20 heavy (non-hydrogen) atoms. The van der Waals surface area contributed by atoms with Crippen molar-refractivity contribution in [2.75, 3.05) is 5.32 Å². The zero-order chi connectivity index (χ0) is 14.7. The molecule has 2 aliphatic carbocycles. The van der Waals surface area contributed by atoms with Crippen LogP contribution in [0, 0.1) is 18.8 Å². The molecule has 0 saturated heterocycles. The summed E-state index contributed by atoms with van der Waals surface area (Å²) in [5.74, 6) is 2.04. The van der Waals surface area contributed by atoms with Gasteiger partial charge in [0.1, 0.15) is 11.5 Å². The predicted molar refractivity (Wildman–Crippen MR) is 82.1 cm³/mol. The highest BCUT2D eigenvalue weighted by Crippen LogP contribution is 2.34. The minimum Gasteiger partial charge on any atom is -0.508 e. The highest BCUT2D eigenvalue weighted by atomic mass is 16.3. The van der Waals surface area contributed by atoms with E-state index in [1.165, 1.54) is 12.8 Å². The molecule has 3 heteroatoms. The van der Waals surface area contributed by atoms with Crippen LogP contribution in [0.15, 0.2) is 18.2 Å². The van der Waals surface area contributed by atoms with Crippen molar-refractivity contribution < 1.29 is 9.90 Å². The molecule has 2 N–H and O–H groups in total. The van der Waals surface area contributed by atoms with Crippen molar-refractivity contribution in [3.05, 3.63) is 23.8 Å². The second-order valence-electron chi connectivity index (χ2n) is 6.16. The van der Waals surface area contributed by atoms with Gasteiger partial charge in [-0.2, -0.15) is 0 Å². The smallest absolute Gasteiger partial charge is 0.132 e. The van der Waals surface area contributed by atoms with Crippen LogP contribution in [0.3, 0.4) is 0 Å². The highest BCUT2D eigenvalue weighted by Gasteiger charge is 2.27. The first-order chi connectivity index (χ1) is 9.47. The number of phenols is 1. The number of benzene rings is 1. The van der Waals surface area contributed by atoms with E-state index in [1.54, 1.807) is 13.0 Å². The Hall–Kier alpha value is -1.51. The molecule has 0 aromatic heterocycles. The van der Waals surface area contributed by atoms with Crippen LogP contribution in [-0.4, -0.2) is 16.9 Å². The van der Waals surface area contributed by atoms with Crippen LogP contribution in [-0.2, 0) is 4.79 Å². The maximum absolute atomic E-state index is 10.2. The SMILES string of the molecule is CC(=O)C1CC1.Cc1ccc(NC(C)C2CC2)cc1O. The number of phenolic OH excluding ortho intramolecular Hbond substituents is 1. The Morgan fingerprint density at radius 3 is 2.35 bits per heavy atom. The number of hydrogen-bond donors (Lipinski definition) is 2. The molecule has 3 nitrogen and oxygen atoms in total. The van der Waals surface area contributed by atoms with Gasteiger partial charge < -0.3 is 10.4 Å². The molecule has 1 aromatic rings. The van der Waals surface area contributed by atoms with Crippen LogP contribution in [0.25, 0.3) is 0 Å². The molecule has 1 aromatic carbocycles. The van der Waals surface area contributed by atoms with Gasteiger partial charge in [0.15, 0.2) is 0 Å². The standard InChI is InChI=1S/C12H17NO.C5H8O/c1-8-3-6-11(7-12(8)14)13-9(2)10-4-5-10;1-4(6)5-2-3-5/h3,6-7,9-10,13-14H,4-5H2,1-2H3;5H,2-3H2,1H3. The van der Waals surface area contributed by atoms with Crippen LogP contribution in [0.4, 0.5) is 5.69 Å². The summed E-state index contributed by atoms with van der Waals surface area (Å²) in [6.07, 6.45) is 4.97. The Morgan fingerprint density at radius 1 is 1.30 bits per heavy atom. The van der Waals surface area contributed by atoms with Gasteiger partial charge >= 0.3 is 0 Å². The third-order valence-corrected chi connectivity index (χ3v) is 4.08. The number of anilines is 1. The molecule has 110 valence electrons. The molecule has 0 heterocycles. The van der Waals surface area contributed by atoms with E-state index < -0.39 is 0 Å². The lowest BCUT2D eigenvalue weighted by atomic mass is 10.1. The van der Waals surface area contributed by atoms with E-state index in [4.69, 9.17) is 0 Å². The van der Waals surface area contributed by atoms with Gasteiger partial charge in [-0.05, 0) is 64.0 Å². The number of nitrogens with one attached hydrogen (secondary N) is 1. The lowest BCUT2D eigenvalue weighted by molar-refractivity contribution is -0.118. The van der Waals surface area contributed by atoms with E-state index in [2.05, 4.69) is 12.2 Å². The zero-order valence-corrected chi connectivity index (χ0v) is 12.6. The number of hydrogen-bond acceptors (Lipinski definition) is 3. The van der Waals surface area contributed by atoms with E-state index in [0.717, 1.165) is 30.0 Å². The van der Waals surface area contributed by atoms with Crippen LogP contribution in [0.1, 0.15) is 45.1 Å². The van der Waals surface area contributed by atoms with Crippen LogP contribution in [0.2, 0.25) is 0 Å². The van der Waals surface area contributed by atoms with Crippen molar-refractivity contribution in [1.82, 2.24) is 0 Å². The molecule has 1 unspecified atom stereocenters. The summed E-state index contributed by atoms with van der Waals surface area (Å²) in [6, 6.07) is 6.29. The fourth-order valence-electron chi connectivity index (χ4n) is 2.17. The van der Waals surface area contributed by atoms with Gasteiger partial charge in [0.2, 0.25) is 0 Å². The summed E-state index contributed by atoms with van der Waals surface area (Å²) < 4.78 is 0. The first-order valence-corrected chi connectivity index (χ1v) is 7.54. The quantitative estimate of drug-likeness (QED) is 0.876. The Bertz CT molecular complexity index is 476. The number of ketones is 1. The average Bonchev–Trinajstić information content (AvgIpc) is 3.28. The van der Waals surface area contributed by atoms with E-state index in [-0.39, 0.29) is 0 Å². The number of Topliss-reactive ketones (excluding diaryl/α,β-unsaturated/α-hetero) is 1. The van der Waals surface area contributed by atoms with E-state index in [0.29, 0.717) is 23.5 Å². The Balaban J connectivity index is 0.000000205. The van der Waals surface area contributed by atoms with Crippen LogP contribution < -0.4 is 5.32 Å². The third kappa shape index (κ3) is 4.55. The van der Waals surface area contributed by atoms with Crippen molar-refractivity contribution in [2.45, 2.75) is 52.5 Å². The zero-order valence-electron chi connectivity index (χ0n) is 12.6. The minimum absolute atomic E-state index is 0.370. The number of aryl methyl sites for hydroxylation is 1. The van der Waals surface area contributed by atoms with Crippen molar-refractivity contribution in [1.29, 1.82) is 0 Å². The van der Waals surface area contributed by atoms with Gasteiger partial charge in [-0.25, -0.2) is 0 Å². The Labute approximate surface area is 121 Å². The number of rotatable bonds is 4. The average molecular weight is 275 g/mol. The topological polar surface area (TPSA) is 49.3 Å². The van der Waals surface area contributed by atoms with E-state index in [9.17, 15) is 9.90 Å². The molecule has 2 fully saturated rings. The lowest BCUT2D eigenvalue weighted by Gasteiger charge is -2.14. The summed E-state index contributed by atoms with van der Waals surface area (Å²) in [5, 5.41) is 12.9.